The SMILES string of the molecule is COC(CNC(=O)C(C)c1cccs1)C(=O)O. The summed E-state index contributed by atoms with van der Waals surface area (Å²) in [6.45, 7) is 1.75. The average Bonchev–Trinajstić information content (AvgIpc) is 2.81. The van der Waals surface area contributed by atoms with Crippen LogP contribution in [0.4, 0.5) is 0 Å². The quantitative estimate of drug-likeness (QED) is 0.799. The fourth-order valence-corrected chi connectivity index (χ4v) is 2.07. The summed E-state index contributed by atoms with van der Waals surface area (Å²) in [5, 5.41) is 13.2. The van der Waals surface area contributed by atoms with E-state index in [4.69, 9.17) is 9.84 Å². The number of carbonyl (C=O) groups is 2. The summed E-state index contributed by atoms with van der Waals surface area (Å²) in [5.41, 5.74) is 0. The molecule has 94 valence electrons. The van der Waals surface area contributed by atoms with Gasteiger partial charge in [0.15, 0.2) is 6.10 Å². The third-order valence-corrected chi connectivity index (χ3v) is 3.44. The molecule has 0 fully saturated rings. The van der Waals surface area contributed by atoms with Crippen LogP contribution in [0.5, 0.6) is 0 Å². The van der Waals surface area contributed by atoms with E-state index in [1.807, 2.05) is 17.5 Å². The number of rotatable bonds is 6. The summed E-state index contributed by atoms with van der Waals surface area (Å²) in [6.07, 6.45) is -1.01. The van der Waals surface area contributed by atoms with E-state index >= 15 is 0 Å². The Kier molecular flexibility index (Phi) is 5.11. The van der Waals surface area contributed by atoms with Crippen molar-refractivity contribution < 1.29 is 19.4 Å². The molecular formula is C11H15NO4S. The average molecular weight is 257 g/mol. The lowest BCUT2D eigenvalue weighted by Gasteiger charge is -2.14. The van der Waals surface area contributed by atoms with Crippen molar-refractivity contribution >= 4 is 23.2 Å². The molecule has 2 atom stereocenters. The van der Waals surface area contributed by atoms with Crippen molar-refractivity contribution in [2.75, 3.05) is 13.7 Å². The third kappa shape index (κ3) is 3.83. The molecule has 0 saturated carbocycles. The Labute approximate surface area is 103 Å². The van der Waals surface area contributed by atoms with E-state index in [-0.39, 0.29) is 18.4 Å². The van der Waals surface area contributed by atoms with Crippen LogP contribution in [0.3, 0.4) is 0 Å². The van der Waals surface area contributed by atoms with Gasteiger partial charge in [-0.25, -0.2) is 4.79 Å². The first kappa shape index (κ1) is 13.7. The lowest BCUT2D eigenvalue weighted by molar-refractivity contribution is -0.148. The number of carboxylic acids is 1. The molecule has 0 aromatic carbocycles. The van der Waals surface area contributed by atoms with Gasteiger partial charge < -0.3 is 15.2 Å². The van der Waals surface area contributed by atoms with Crippen molar-refractivity contribution in [1.82, 2.24) is 5.32 Å². The maximum atomic E-state index is 11.7. The van der Waals surface area contributed by atoms with Crippen molar-refractivity contribution in [2.45, 2.75) is 18.9 Å². The number of aliphatic carboxylic acids is 1. The van der Waals surface area contributed by atoms with E-state index in [2.05, 4.69) is 5.32 Å². The number of methoxy groups -OCH3 is 1. The second-order valence-electron chi connectivity index (χ2n) is 3.54. The van der Waals surface area contributed by atoms with Crippen LogP contribution < -0.4 is 5.32 Å². The van der Waals surface area contributed by atoms with Gasteiger partial charge >= 0.3 is 5.97 Å². The minimum atomic E-state index is -1.09. The topological polar surface area (TPSA) is 75.6 Å². The Morgan fingerprint density at radius 3 is 2.76 bits per heavy atom. The summed E-state index contributed by atoms with van der Waals surface area (Å²) < 4.78 is 4.72. The molecule has 0 aliphatic heterocycles. The second kappa shape index (κ2) is 6.36. The van der Waals surface area contributed by atoms with Crippen LogP contribution in [0.15, 0.2) is 17.5 Å². The summed E-state index contributed by atoms with van der Waals surface area (Å²) in [6, 6.07) is 3.75. The van der Waals surface area contributed by atoms with E-state index in [0.717, 1.165) is 4.88 Å². The van der Waals surface area contributed by atoms with Crippen LogP contribution in [0.25, 0.3) is 0 Å². The number of carbonyl (C=O) groups excluding carboxylic acids is 1. The number of thiophene rings is 1. The van der Waals surface area contributed by atoms with Crippen molar-refractivity contribution in [3.8, 4) is 0 Å². The van der Waals surface area contributed by atoms with Gasteiger partial charge in [-0.15, -0.1) is 11.3 Å². The molecule has 0 bridgehead atoms. The lowest BCUT2D eigenvalue weighted by Crippen LogP contribution is -2.39. The number of amides is 1. The number of nitrogens with one attached hydrogen (secondary N) is 1. The van der Waals surface area contributed by atoms with Crippen LogP contribution in [0.2, 0.25) is 0 Å². The monoisotopic (exact) mass is 257 g/mol. The second-order valence-corrected chi connectivity index (χ2v) is 4.52. The van der Waals surface area contributed by atoms with E-state index < -0.39 is 12.1 Å². The summed E-state index contributed by atoms with van der Waals surface area (Å²) in [5.74, 6) is -1.56. The molecule has 0 aliphatic rings. The van der Waals surface area contributed by atoms with E-state index in [1.165, 1.54) is 18.4 Å². The van der Waals surface area contributed by atoms with Crippen LogP contribution >= 0.6 is 11.3 Å². The minimum Gasteiger partial charge on any atom is -0.479 e. The predicted octanol–water partition coefficient (Wildman–Crippen LogP) is 1.07. The Balaban J connectivity index is 2.47. The number of hydrogen-bond donors (Lipinski definition) is 2. The van der Waals surface area contributed by atoms with Gasteiger partial charge in [-0.05, 0) is 18.4 Å². The first-order valence-electron chi connectivity index (χ1n) is 5.13. The number of carboxylic acid groups (broad SMARTS) is 1. The maximum absolute atomic E-state index is 11.7. The zero-order chi connectivity index (χ0) is 12.8. The minimum absolute atomic E-state index is 0.0274. The first-order chi connectivity index (χ1) is 8.06. The van der Waals surface area contributed by atoms with Gasteiger partial charge in [-0.2, -0.15) is 0 Å². The van der Waals surface area contributed by atoms with Crippen molar-refractivity contribution in [3.63, 3.8) is 0 Å². The highest BCUT2D eigenvalue weighted by Crippen LogP contribution is 2.20. The number of hydrogen-bond acceptors (Lipinski definition) is 4. The van der Waals surface area contributed by atoms with Crippen molar-refractivity contribution in [3.05, 3.63) is 22.4 Å². The van der Waals surface area contributed by atoms with Gasteiger partial charge in [0.05, 0.1) is 12.5 Å². The highest BCUT2D eigenvalue weighted by Gasteiger charge is 2.20. The number of ether oxygens (including phenoxy) is 1. The molecule has 0 spiro atoms. The van der Waals surface area contributed by atoms with Crippen LogP contribution in [0, 0.1) is 0 Å². The normalized spacial score (nSPS) is 14.0. The largest absolute Gasteiger partial charge is 0.479 e. The Morgan fingerprint density at radius 1 is 1.59 bits per heavy atom. The van der Waals surface area contributed by atoms with Crippen LogP contribution in [0.1, 0.15) is 17.7 Å². The van der Waals surface area contributed by atoms with E-state index in [0.29, 0.717) is 0 Å². The molecule has 1 amide bonds. The van der Waals surface area contributed by atoms with Gasteiger partial charge in [-0.3, -0.25) is 4.79 Å². The van der Waals surface area contributed by atoms with Gasteiger partial charge in [0.2, 0.25) is 5.91 Å². The third-order valence-electron chi connectivity index (χ3n) is 2.38. The van der Waals surface area contributed by atoms with E-state index in [9.17, 15) is 9.59 Å². The first-order valence-corrected chi connectivity index (χ1v) is 6.01. The van der Waals surface area contributed by atoms with Crippen molar-refractivity contribution in [1.29, 1.82) is 0 Å². The molecular weight excluding hydrogens is 242 g/mol. The molecule has 1 heterocycles. The van der Waals surface area contributed by atoms with Gasteiger partial charge in [0.25, 0.3) is 0 Å². The fraction of sp³-hybridized carbons (Fsp3) is 0.455. The predicted molar refractivity (Wildman–Crippen MR) is 64.2 cm³/mol. The molecule has 1 aromatic heterocycles. The highest BCUT2D eigenvalue weighted by molar-refractivity contribution is 7.10. The van der Waals surface area contributed by atoms with Gasteiger partial charge in [0, 0.05) is 12.0 Å². The zero-order valence-corrected chi connectivity index (χ0v) is 10.5. The Morgan fingerprint density at radius 2 is 2.29 bits per heavy atom. The Bertz CT molecular complexity index is 377. The maximum Gasteiger partial charge on any atom is 0.334 e. The van der Waals surface area contributed by atoms with Gasteiger partial charge in [-0.1, -0.05) is 6.07 Å². The van der Waals surface area contributed by atoms with Gasteiger partial charge in [0.1, 0.15) is 0 Å². The molecule has 5 nitrogen and oxygen atoms in total. The molecule has 2 unspecified atom stereocenters. The molecule has 0 aliphatic carbocycles. The van der Waals surface area contributed by atoms with Crippen LogP contribution in [-0.4, -0.2) is 36.7 Å². The molecule has 2 N–H and O–H groups in total. The zero-order valence-electron chi connectivity index (χ0n) is 9.67. The smallest absolute Gasteiger partial charge is 0.334 e. The lowest BCUT2D eigenvalue weighted by atomic mass is 10.1. The Hall–Kier alpha value is -1.40. The molecule has 0 saturated heterocycles. The molecule has 1 aromatic rings. The molecule has 17 heavy (non-hydrogen) atoms. The molecule has 0 radical (unpaired) electrons. The molecule has 6 heteroatoms. The highest BCUT2D eigenvalue weighted by atomic mass is 32.1. The molecule has 1 rings (SSSR count). The van der Waals surface area contributed by atoms with Crippen molar-refractivity contribution in [2.24, 2.45) is 0 Å². The summed E-state index contributed by atoms with van der Waals surface area (Å²) in [7, 11) is 1.30. The standard InChI is InChI=1S/C11H15NO4S/c1-7(9-4-3-5-17-9)10(13)12-6-8(16-2)11(14)15/h3-5,7-8H,6H2,1-2H3,(H,12,13)(H,14,15). The van der Waals surface area contributed by atoms with Crippen LogP contribution in [-0.2, 0) is 14.3 Å². The summed E-state index contributed by atoms with van der Waals surface area (Å²) in [4.78, 5) is 23.3. The fourth-order valence-electron chi connectivity index (χ4n) is 1.28. The summed E-state index contributed by atoms with van der Waals surface area (Å²) >= 11 is 1.50. The van der Waals surface area contributed by atoms with E-state index in [1.54, 1.807) is 6.92 Å².